The highest BCUT2D eigenvalue weighted by Crippen LogP contribution is 2.34. The Hall–Kier alpha value is -2.33. The van der Waals surface area contributed by atoms with E-state index in [9.17, 15) is 0 Å². The normalized spacial score (nSPS) is 20.1. The van der Waals surface area contributed by atoms with E-state index in [1.54, 1.807) is 0 Å². The third-order valence-electron chi connectivity index (χ3n) is 6.19. The molecule has 3 heterocycles. The number of hydrogen-bond donors (Lipinski definition) is 2. The number of hydrogen-bond acceptors (Lipinski definition) is 2. The summed E-state index contributed by atoms with van der Waals surface area (Å²) in [7, 11) is 3.07. The first-order chi connectivity index (χ1) is 14.7. The van der Waals surface area contributed by atoms with Gasteiger partial charge >= 0.3 is 0 Å². The second-order valence-electron chi connectivity index (χ2n) is 8.36. The van der Waals surface area contributed by atoms with Gasteiger partial charge in [0.15, 0.2) is 0 Å². The topological polar surface area (TPSA) is 53.3 Å². The van der Waals surface area contributed by atoms with Crippen LogP contribution >= 0.6 is 0 Å². The predicted molar refractivity (Wildman–Crippen MR) is 127 cm³/mol. The van der Waals surface area contributed by atoms with E-state index in [1.165, 1.54) is 80.4 Å². The van der Waals surface area contributed by atoms with E-state index in [2.05, 4.69) is 66.1 Å². The summed E-state index contributed by atoms with van der Waals surface area (Å²) >= 11 is 0. The number of aromatic amines is 1. The first kappa shape index (κ1) is 22.4. The van der Waals surface area contributed by atoms with Crippen LogP contribution in [-0.2, 0) is 13.5 Å². The molecule has 1 aliphatic heterocycles. The van der Waals surface area contributed by atoms with Gasteiger partial charge in [-0.2, -0.15) is 0 Å². The number of aliphatic imine (C=N–C) groups is 1. The van der Waals surface area contributed by atoms with Gasteiger partial charge in [0, 0.05) is 31.7 Å². The molecule has 0 aromatic carbocycles. The van der Waals surface area contributed by atoms with Crippen LogP contribution in [0.5, 0.6) is 0 Å². The van der Waals surface area contributed by atoms with Crippen molar-refractivity contribution in [3.8, 4) is 0 Å². The van der Waals surface area contributed by atoms with Crippen molar-refractivity contribution in [3.05, 3.63) is 64.9 Å². The van der Waals surface area contributed by atoms with Crippen LogP contribution in [0.2, 0.25) is 0 Å². The summed E-state index contributed by atoms with van der Waals surface area (Å²) < 4.78 is 2.13. The zero-order valence-electron chi connectivity index (χ0n) is 18.8. The Morgan fingerprint density at radius 3 is 2.80 bits per heavy atom. The van der Waals surface area contributed by atoms with Gasteiger partial charge in [0.1, 0.15) is 0 Å². The zero-order valence-corrected chi connectivity index (χ0v) is 18.8. The molecule has 1 atom stereocenters. The van der Waals surface area contributed by atoms with Crippen LogP contribution in [0.4, 0.5) is 0 Å². The molecule has 0 amide bonds. The highest BCUT2D eigenvalue weighted by atomic mass is 16.2. The Balaban J connectivity index is 0.00000124. The van der Waals surface area contributed by atoms with Gasteiger partial charge in [-0.3, -0.25) is 0 Å². The van der Waals surface area contributed by atoms with E-state index < -0.39 is 0 Å². The number of nitrogens with one attached hydrogen (secondary N) is 1. The van der Waals surface area contributed by atoms with Gasteiger partial charge in [-0.1, -0.05) is 39.0 Å². The summed E-state index contributed by atoms with van der Waals surface area (Å²) in [5, 5.41) is 7.00. The number of aliphatic hydroxyl groups excluding tert-OH is 1. The van der Waals surface area contributed by atoms with Crippen molar-refractivity contribution < 1.29 is 5.11 Å². The molecule has 2 bridgehead atoms. The molecule has 1 unspecified atom stereocenters. The number of allylic oxidation sites excluding steroid dienone is 2. The molecular formula is C26H37N3O. The second kappa shape index (κ2) is 11.2. The number of fused-ring (bicyclic) bond motifs is 2. The van der Waals surface area contributed by atoms with E-state index in [-0.39, 0.29) is 0 Å². The van der Waals surface area contributed by atoms with Crippen molar-refractivity contribution in [2.45, 2.75) is 70.6 Å². The SMILES string of the molecule is CCCCC1CCCCCCc2cc1c(/C=C1\C=CC(c3cccn3C)=N1)[nH]2.CO. The lowest BCUT2D eigenvalue weighted by atomic mass is 9.87. The number of unbranched alkanes of at least 4 members (excludes halogenated alkanes) is 1. The molecule has 0 fully saturated rings. The minimum atomic E-state index is 0.677. The molecule has 2 aliphatic rings. The van der Waals surface area contributed by atoms with Crippen LogP contribution in [0.3, 0.4) is 0 Å². The number of rotatable bonds is 5. The van der Waals surface area contributed by atoms with E-state index >= 15 is 0 Å². The van der Waals surface area contributed by atoms with E-state index in [0.717, 1.165) is 18.5 Å². The summed E-state index contributed by atoms with van der Waals surface area (Å²) in [5.74, 6) is 0.677. The van der Waals surface area contributed by atoms with Crippen molar-refractivity contribution in [1.82, 2.24) is 9.55 Å². The standard InChI is InChI=1S/C25H33N3.CH4O/c1-3-4-10-19-11-7-5-6-8-12-20-17-22(19)24(27-20)18-21-14-15-23(26-21)25-13-9-16-28(25)2;1-2/h9,13-19,27H,3-8,10-12H2,1-2H3;2H,1H3/b21-18+;. The minimum absolute atomic E-state index is 0.677. The molecule has 2 aromatic rings. The highest BCUT2D eigenvalue weighted by molar-refractivity contribution is 6.10. The number of aryl methyl sites for hydroxylation is 2. The van der Waals surface area contributed by atoms with Crippen LogP contribution in [-0.4, -0.2) is 27.5 Å². The molecule has 4 heteroatoms. The fourth-order valence-corrected chi connectivity index (χ4v) is 4.58. The fourth-order valence-electron chi connectivity index (χ4n) is 4.58. The van der Waals surface area contributed by atoms with E-state index in [1.807, 2.05) is 0 Å². The number of aliphatic hydroxyl groups is 1. The molecule has 0 spiro atoms. The van der Waals surface area contributed by atoms with Crippen molar-refractivity contribution in [1.29, 1.82) is 0 Å². The molecule has 0 saturated carbocycles. The Kier molecular flexibility index (Phi) is 8.32. The van der Waals surface area contributed by atoms with Crippen LogP contribution in [0.25, 0.3) is 6.08 Å². The molecule has 4 rings (SSSR count). The van der Waals surface area contributed by atoms with Crippen LogP contribution in [0.1, 0.15) is 86.9 Å². The lowest BCUT2D eigenvalue weighted by molar-refractivity contribution is 0.399. The summed E-state index contributed by atoms with van der Waals surface area (Å²) in [6.07, 6.45) is 20.4. The monoisotopic (exact) mass is 407 g/mol. The maximum absolute atomic E-state index is 7.00. The quantitative estimate of drug-likeness (QED) is 0.614. The van der Waals surface area contributed by atoms with Gasteiger partial charge in [-0.05, 0) is 73.6 Å². The lowest BCUT2D eigenvalue weighted by Gasteiger charge is -2.17. The predicted octanol–water partition coefficient (Wildman–Crippen LogP) is 6.14. The van der Waals surface area contributed by atoms with Crippen LogP contribution < -0.4 is 0 Å². The largest absolute Gasteiger partial charge is 0.400 e. The number of nitrogens with zero attached hydrogens (tertiary/aromatic N) is 2. The van der Waals surface area contributed by atoms with Crippen LogP contribution in [0, 0.1) is 0 Å². The highest BCUT2D eigenvalue weighted by Gasteiger charge is 2.19. The Morgan fingerprint density at radius 2 is 2.03 bits per heavy atom. The molecular weight excluding hydrogens is 370 g/mol. The van der Waals surface area contributed by atoms with E-state index in [4.69, 9.17) is 10.1 Å². The number of aromatic nitrogens is 2. The lowest BCUT2D eigenvalue weighted by Crippen LogP contribution is -2.01. The summed E-state index contributed by atoms with van der Waals surface area (Å²) in [6.45, 7) is 2.30. The average molecular weight is 408 g/mol. The third-order valence-corrected chi connectivity index (χ3v) is 6.19. The molecule has 4 nitrogen and oxygen atoms in total. The minimum Gasteiger partial charge on any atom is -0.400 e. The van der Waals surface area contributed by atoms with Crippen molar-refractivity contribution in [2.24, 2.45) is 12.0 Å². The van der Waals surface area contributed by atoms with Crippen molar-refractivity contribution in [3.63, 3.8) is 0 Å². The van der Waals surface area contributed by atoms with E-state index in [0.29, 0.717) is 5.92 Å². The molecule has 1 aliphatic carbocycles. The zero-order chi connectivity index (χ0) is 21.3. The number of H-pyrrole nitrogens is 1. The molecule has 0 radical (unpaired) electrons. The molecule has 162 valence electrons. The molecule has 0 saturated heterocycles. The summed E-state index contributed by atoms with van der Waals surface area (Å²) in [4.78, 5) is 8.63. The second-order valence-corrected chi connectivity index (χ2v) is 8.36. The Labute approximate surface area is 181 Å². The van der Waals surface area contributed by atoms with Crippen molar-refractivity contribution >= 4 is 11.8 Å². The summed E-state index contributed by atoms with van der Waals surface area (Å²) in [6, 6.07) is 6.65. The van der Waals surface area contributed by atoms with Crippen molar-refractivity contribution in [2.75, 3.05) is 7.11 Å². The van der Waals surface area contributed by atoms with Crippen LogP contribution in [0.15, 0.2) is 47.2 Å². The first-order valence-electron chi connectivity index (χ1n) is 11.5. The van der Waals surface area contributed by atoms with Gasteiger partial charge in [0.25, 0.3) is 0 Å². The maximum Gasteiger partial charge on any atom is 0.0874 e. The van der Waals surface area contributed by atoms with Gasteiger partial charge in [-0.25, -0.2) is 4.99 Å². The first-order valence-corrected chi connectivity index (χ1v) is 11.5. The smallest absolute Gasteiger partial charge is 0.0874 e. The fraction of sp³-hybridized carbons (Fsp3) is 0.500. The van der Waals surface area contributed by atoms with Gasteiger partial charge in [0.05, 0.1) is 17.1 Å². The molecule has 2 N–H and O–H groups in total. The Morgan fingerprint density at radius 1 is 1.20 bits per heavy atom. The molecule has 30 heavy (non-hydrogen) atoms. The van der Waals surface area contributed by atoms with Gasteiger partial charge in [-0.15, -0.1) is 0 Å². The Bertz CT molecular complexity index is 897. The maximum atomic E-state index is 7.00. The van der Waals surface area contributed by atoms with Gasteiger partial charge < -0.3 is 14.7 Å². The molecule has 2 aromatic heterocycles. The van der Waals surface area contributed by atoms with Gasteiger partial charge in [0.2, 0.25) is 0 Å². The third kappa shape index (κ3) is 5.42. The summed E-state index contributed by atoms with van der Waals surface area (Å²) in [5.41, 5.74) is 7.48. The average Bonchev–Trinajstić information content (AvgIpc) is 3.49.